The Morgan fingerprint density at radius 1 is 0.829 bits per heavy atom. The van der Waals surface area contributed by atoms with Crippen LogP contribution < -0.4 is 9.47 Å². The van der Waals surface area contributed by atoms with Crippen LogP contribution in [0.25, 0.3) is 0 Å². The van der Waals surface area contributed by atoms with Crippen LogP contribution in [0.1, 0.15) is 99.3 Å². The Labute approximate surface area is 215 Å². The summed E-state index contributed by atoms with van der Waals surface area (Å²) in [5.74, 6) is 0.214. The second-order valence-corrected chi connectivity index (χ2v) is 9.40. The average molecular weight is 503 g/mol. The Hall–Kier alpha value is -2.53. The molecule has 0 aliphatic carbocycles. The number of halogens is 1. The van der Waals surface area contributed by atoms with Gasteiger partial charge in [0.05, 0.1) is 29.4 Å². The maximum absolute atomic E-state index is 12.5. The van der Waals surface area contributed by atoms with E-state index in [4.69, 9.17) is 25.8 Å². The molecule has 0 heterocycles. The van der Waals surface area contributed by atoms with Crippen LogP contribution in [-0.2, 0) is 4.74 Å². The van der Waals surface area contributed by atoms with Gasteiger partial charge in [0.2, 0.25) is 0 Å². The van der Waals surface area contributed by atoms with Gasteiger partial charge >= 0.3 is 11.9 Å². The number of carbonyl (C=O) groups is 2. The minimum absolute atomic E-state index is 0.168. The molecule has 5 nitrogen and oxygen atoms in total. The number of esters is 2. The van der Waals surface area contributed by atoms with Gasteiger partial charge in [-0.2, -0.15) is 0 Å². The first kappa shape index (κ1) is 28.7. The van der Waals surface area contributed by atoms with E-state index in [0.717, 1.165) is 18.6 Å². The van der Waals surface area contributed by atoms with Crippen molar-refractivity contribution >= 4 is 23.5 Å². The summed E-state index contributed by atoms with van der Waals surface area (Å²) >= 11 is 6.24. The number of rotatable bonds is 16. The van der Waals surface area contributed by atoms with Crippen LogP contribution in [0.5, 0.6) is 11.5 Å². The predicted molar refractivity (Wildman–Crippen MR) is 141 cm³/mol. The maximum atomic E-state index is 12.5. The molecule has 35 heavy (non-hydrogen) atoms. The molecule has 6 heteroatoms. The molecular weight excluding hydrogens is 464 g/mol. The minimum atomic E-state index is -0.534. The summed E-state index contributed by atoms with van der Waals surface area (Å²) < 4.78 is 16.5. The summed E-state index contributed by atoms with van der Waals surface area (Å²) in [6.45, 7) is 7.30. The minimum Gasteiger partial charge on any atom is -0.494 e. The molecule has 1 unspecified atom stereocenters. The lowest BCUT2D eigenvalue weighted by Gasteiger charge is -2.11. The zero-order chi connectivity index (χ0) is 25.5. The third-order valence-corrected chi connectivity index (χ3v) is 6.22. The molecule has 0 aliphatic rings. The molecular formula is C29H39ClO5. The van der Waals surface area contributed by atoms with Crippen LogP contribution in [0.3, 0.4) is 0 Å². The smallest absolute Gasteiger partial charge is 0.343 e. The lowest BCUT2D eigenvalue weighted by atomic mass is 10.1. The highest BCUT2D eigenvalue weighted by atomic mass is 35.5. The lowest BCUT2D eigenvalue weighted by Crippen LogP contribution is -2.12. The Morgan fingerprint density at radius 2 is 1.46 bits per heavy atom. The summed E-state index contributed by atoms with van der Waals surface area (Å²) in [6, 6.07) is 11.3. The number of hydrogen-bond acceptors (Lipinski definition) is 5. The molecule has 1 atom stereocenters. The standard InChI is InChI=1S/C29H39ClO5/c1-4-6-7-8-9-10-11-12-19-33-25-16-13-23(14-17-25)29(32)35-27-18-15-24(20-26(27)30)28(31)34-21-22(3)5-2/h13-18,20,22H,4-12,19,21H2,1-3H3. The van der Waals surface area contributed by atoms with Crippen molar-refractivity contribution in [3.63, 3.8) is 0 Å². The summed E-state index contributed by atoms with van der Waals surface area (Å²) in [4.78, 5) is 24.7. The van der Waals surface area contributed by atoms with Crippen molar-refractivity contribution in [2.24, 2.45) is 5.92 Å². The topological polar surface area (TPSA) is 61.8 Å². The summed E-state index contributed by atoms with van der Waals surface area (Å²) in [5.41, 5.74) is 0.702. The molecule has 2 aromatic carbocycles. The Morgan fingerprint density at radius 3 is 2.09 bits per heavy atom. The van der Waals surface area contributed by atoms with Crippen molar-refractivity contribution in [1.82, 2.24) is 0 Å². The molecule has 2 aromatic rings. The highest BCUT2D eigenvalue weighted by molar-refractivity contribution is 6.32. The highest BCUT2D eigenvalue weighted by Crippen LogP contribution is 2.27. The molecule has 0 bridgehead atoms. The number of unbranched alkanes of at least 4 members (excludes halogenated alkanes) is 7. The Bertz CT molecular complexity index is 910. The predicted octanol–water partition coefficient (Wildman–Crippen LogP) is 8.28. The highest BCUT2D eigenvalue weighted by Gasteiger charge is 2.15. The number of hydrogen-bond donors (Lipinski definition) is 0. The second kappa shape index (κ2) is 16.2. The number of benzene rings is 2. The van der Waals surface area contributed by atoms with Gasteiger partial charge in [0.1, 0.15) is 11.5 Å². The molecule has 2 rings (SSSR count). The molecule has 0 spiro atoms. The first-order valence-electron chi connectivity index (χ1n) is 12.9. The van der Waals surface area contributed by atoms with Crippen LogP contribution in [0.2, 0.25) is 5.02 Å². The summed E-state index contributed by atoms with van der Waals surface area (Å²) in [5, 5.41) is 0.168. The number of ether oxygens (including phenoxy) is 3. The molecule has 0 amide bonds. The van der Waals surface area contributed by atoms with E-state index < -0.39 is 11.9 Å². The fraction of sp³-hybridized carbons (Fsp3) is 0.517. The summed E-state index contributed by atoms with van der Waals surface area (Å²) in [6.07, 6.45) is 11.0. The van der Waals surface area contributed by atoms with Gasteiger partial charge in [0, 0.05) is 0 Å². The van der Waals surface area contributed by atoms with E-state index in [1.54, 1.807) is 24.3 Å². The molecule has 0 saturated heterocycles. The van der Waals surface area contributed by atoms with Crippen LogP contribution in [-0.4, -0.2) is 25.2 Å². The Balaban J connectivity index is 1.76. The van der Waals surface area contributed by atoms with Gasteiger partial charge in [0.15, 0.2) is 0 Å². The van der Waals surface area contributed by atoms with Crippen molar-refractivity contribution in [2.75, 3.05) is 13.2 Å². The van der Waals surface area contributed by atoms with Gasteiger partial charge in [-0.3, -0.25) is 0 Å². The zero-order valence-electron chi connectivity index (χ0n) is 21.3. The van der Waals surface area contributed by atoms with Gasteiger partial charge < -0.3 is 14.2 Å². The third-order valence-electron chi connectivity index (χ3n) is 5.92. The largest absolute Gasteiger partial charge is 0.494 e. The van der Waals surface area contributed by atoms with E-state index in [-0.39, 0.29) is 16.7 Å². The zero-order valence-corrected chi connectivity index (χ0v) is 22.1. The van der Waals surface area contributed by atoms with Gasteiger partial charge in [-0.15, -0.1) is 0 Å². The SMILES string of the molecule is CCCCCCCCCCOc1ccc(C(=O)Oc2ccc(C(=O)OCC(C)CC)cc2Cl)cc1. The maximum Gasteiger partial charge on any atom is 0.343 e. The normalized spacial score (nSPS) is 11.7. The van der Waals surface area contributed by atoms with Gasteiger partial charge in [-0.05, 0) is 54.8 Å². The van der Waals surface area contributed by atoms with Gasteiger partial charge in [-0.1, -0.05) is 83.7 Å². The first-order chi connectivity index (χ1) is 16.9. The second-order valence-electron chi connectivity index (χ2n) is 8.99. The lowest BCUT2D eigenvalue weighted by molar-refractivity contribution is 0.0447. The van der Waals surface area contributed by atoms with Crippen molar-refractivity contribution < 1.29 is 23.8 Å². The summed E-state index contributed by atoms with van der Waals surface area (Å²) in [7, 11) is 0. The molecule has 0 aromatic heterocycles. The fourth-order valence-corrected chi connectivity index (χ4v) is 3.62. The van der Waals surface area contributed by atoms with Crippen LogP contribution in [0, 0.1) is 5.92 Å². The van der Waals surface area contributed by atoms with Gasteiger partial charge in [-0.25, -0.2) is 9.59 Å². The quantitative estimate of drug-likeness (QED) is 0.131. The molecule has 0 saturated carbocycles. The van der Waals surface area contributed by atoms with E-state index in [9.17, 15) is 9.59 Å². The van der Waals surface area contributed by atoms with E-state index in [0.29, 0.717) is 24.3 Å². The monoisotopic (exact) mass is 502 g/mol. The molecule has 0 fully saturated rings. The Kier molecular flexibility index (Phi) is 13.3. The molecule has 0 N–H and O–H groups in total. The van der Waals surface area contributed by atoms with Crippen LogP contribution >= 0.6 is 11.6 Å². The average Bonchev–Trinajstić information content (AvgIpc) is 2.87. The number of carbonyl (C=O) groups excluding carboxylic acids is 2. The van der Waals surface area contributed by atoms with Crippen LogP contribution in [0.15, 0.2) is 42.5 Å². The fourth-order valence-electron chi connectivity index (χ4n) is 3.40. The van der Waals surface area contributed by atoms with E-state index in [1.165, 1.54) is 63.1 Å². The molecule has 0 aliphatic heterocycles. The van der Waals surface area contributed by atoms with E-state index in [2.05, 4.69) is 6.92 Å². The first-order valence-corrected chi connectivity index (χ1v) is 13.2. The van der Waals surface area contributed by atoms with E-state index >= 15 is 0 Å². The van der Waals surface area contributed by atoms with Crippen LogP contribution in [0.4, 0.5) is 0 Å². The van der Waals surface area contributed by atoms with Gasteiger partial charge in [0.25, 0.3) is 0 Å². The van der Waals surface area contributed by atoms with Crippen molar-refractivity contribution in [3.8, 4) is 11.5 Å². The van der Waals surface area contributed by atoms with Crippen molar-refractivity contribution in [3.05, 3.63) is 58.6 Å². The van der Waals surface area contributed by atoms with E-state index in [1.807, 2.05) is 13.8 Å². The van der Waals surface area contributed by atoms with Crippen molar-refractivity contribution in [1.29, 1.82) is 0 Å². The molecule has 0 radical (unpaired) electrons. The third kappa shape index (κ3) is 10.7. The van der Waals surface area contributed by atoms with Crippen molar-refractivity contribution in [2.45, 2.75) is 78.6 Å². The molecule has 192 valence electrons.